The fourth-order valence-electron chi connectivity index (χ4n) is 1.90. The lowest BCUT2D eigenvalue weighted by Crippen LogP contribution is -2.47. The van der Waals surface area contributed by atoms with Crippen LogP contribution in [0.5, 0.6) is 0 Å². The summed E-state index contributed by atoms with van der Waals surface area (Å²) in [5.41, 5.74) is -0.489. The number of aliphatic hydroxyl groups excluding tert-OH is 1. The van der Waals surface area contributed by atoms with Gasteiger partial charge < -0.3 is 10.2 Å². The zero-order valence-electron chi connectivity index (χ0n) is 12.8. The molecule has 0 radical (unpaired) electrons. The van der Waals surface area contributed by atoms with E-state index in [1.807, 2.05) is 0 Å². The van der Waals surface area contributed by atoms with Crippen LogP contribution in [0.25, 0.3) is 0 Å². The predicted molar refractivity (Wildman–Crippen MR) is 75.5 cm³/mol. The Kier molecular flexibility index (Phi) is 4.81. The fourth-order valence-corrected chi connectivity index (χ4v) is 3.77. The van der Waals surface area contributed by atoms with Crippen molar-refractivity contribution in [2.75, 3.05) is 13.7 Å². The number of aryl methyl sites for hydroxylation is 1. The molecule has 0 fully saturated rings. The first-order valence-electron chi connectivity index (χ1n) is 6.31. The molecule has 0 aliphatic heterocycles. The van der Waals surface area contributed by atoms with Crippen LogP contribution in [-0.4, -0.2) is 57.9 Å². The SMILES string of the molecule is Cc1nn(CC(=O)O)c(C)c1S(=O)(=O)N(C)C(C)(C)CO. The van der Waals surface area contributed by atoms with Gasteiger partial charge in [0.05, 0.1) is 23.5 Å². The summed E-state index contributed by atoms with van der Waals surface area (Å²) in [5.74, 6) is -1.10. The van der Waals surface area contributed by atoms with E-state index in [0.29, 0.717) is 0 Å². The number of hydrogen-bond donors (Lipinski definition) is 2. The third-order valence-electron chi connectivity index (χ3n) is 3.46. The first-order valence-corrected chi connectivity index (χ1v) is 7.75. The number of aromatic nitrogens is 2. The van der Waals surface area contributed by atoms with Gasteiger partial charge in [0.2, 0.25) is 10.0 Å². The summed E-state index contributed by atoms with van der Waals surface area (Å²) >= 11 is 0. The summed E-state index contributed by atoms with van der Waals surface area (Å²) in [6, 6.07) is 0. The summed E-state index contributed by atoms with van der Waals surface area (Å²) in [7, 11) is -2.51. The zero-order valence-corrected chi connectivity index (χ0v) is 13.6. The molecule has 0 amide bonds. The van der Waals surface area contributed by atoms with E-state index in [4.69, 9.17) is 5.11 Å². The molecule has 0 atom stereocenters. The highest BCUT2D eigenvalue weighted by atomic mass is 32.2. The second-order valence-electron chi connectivity index (χ2n) is 5.49. The quantitative estimate of drug-likeness (QED) is 0.761. The molecular weight excluding hydrogens is 298 g/mol. The van der Waals surface area contributed by atoms with Crippen LogP contribution < -0.4 is 0 Å². The third kappa shape index (κ3) is 3.25. The molecule has 1 aromatic heterocycles. The summed E-state index contributed by atoms with van der Waals surface area (Å²) in [6.07, 6.45) is 0. The number of carboxylic acid groups (broad SMARTS) is 1. The van der Waals surface area contributed by atoms with Gasteiger partial charge in [-0.2, -0.15) is 9.40 Å². The normalized spacial score (nSPS) is 12.9. The molecule has 0 unspecified atom stereocenters. The summed E-state index contributed by atoms with van der Waals surface area (Å²) in [5, 5.41) is 22.1. The maximum absolute atomic E-state index is 12.7. The number of likely N-dealkylation sites (N-methyl/N-ethyl adjacent to an activating group) is 1. The van der Waals surface area contributed by atoms with Crippen LogP contribution in [0.15, 0.2) is 4.90 Å². The number of aliphatic hydroxyl groups is 1. The Morgan fingerprint density at radius 1 is 1.38 bits per heavy atom. The molecule has 0 aromatic carbocycles. The van der Waals surface area contributed by atoms with Crippen LogP contribution >= 0.6 is 0 Å². The van der Waals surface area contributed by atoms with Crippen molar-refractivity contribution in [3.05, 3.63) is 11.4 Å². The van der Waals surface area contributed by atoms with Gasteiger partial charge in [-0.1, -0.05) is 0 Å². The number of nitrogens with zero attached hydrogens (tertiary/aromatic N) is 3. The molecule has 1 aromatic rings. The topological polar surface area (TPSA) is 113 Å². The molecule has 1 rings (SSSR count). The number of carboxylic acids is 1. The van der Waals surface area contributed by atoms with E-state index in [2.05, 4.69) is 5.10 Å². The Morgan fingerprint density at radius 3 is 2.33 bits per heavy atom. The van der Waals surface area contributed by atoms with E-state index < -0.39 is 28.1 Å². The first-order chi connectivity index (χ1) is 9.45. The predicted octanol–water partition coefficient (Wildman–Crippen LogP) is -0.0241. The van der Waals surface area contributed by atoms with Crippen LogP contribution in [-0.2, 0) is 21.4 Å². The minimum atomic E-state index is -3.89. The smallest absolute Gasteiger partial charge is 0.325 e. The van der Waals surface area contributed by atoms with Crippen LogP contribution in [0.2, 0.25) is 0 Å². The standard InChI is InChI=1S/C12H21N3O5S/c1-8-11(9(2)15(13-8)6-10(17)18)21(19,20)14(5)12(3,4)7-16/h16H,6-7H2,1-5H3,(H,17,18). The maximum atomic E-state index is 12.7. The third-order valence-corrected chi connectivity index (χ3v) is 5.78. The van der Waals surface area contributed by atoms with Gasteiger partial charge in [-0.05, 0) is 27.7 Å². The zero-order chi connectivity index (χ0) is 16.6. The fraction of sp³-hybridized carbons (Fsp3) is 0.667. The van der Waals surface area contributed by atoms with Crippen molar-refractivity contribution in [2.24, 2.45) is 0 Å². The van der Waals surface area contributed by atoms with Gasteiger partial charge in [-0.15, -0.1) is 0 Å². The van der Waals surface area contributed by atoms with Gasteiger partial charge in [0.1, 0.15) is 11.4 Å². The largest absolute Gasteiger partial charge is 0.480 e. The van der Waals surface area contributed by atoms with E-state index in [1.54, 1.807) is 13.8 Å². The van der Waals surface area contributed by atoms with Gasteiger partial charge in [0.15, 0.2) is 0 Å². The van der Waals surface area contributed by atoms with Crippen molar-refractivity contribution in [3.63, 3.8) is 0 Å². The number of rotatable bonds is 6. The molecular formula is C12H21N3O5S. The average Bonchev–Trinajstić information content (AvgIpc) is 2.63. The van der Waals surface area contributed by atoms with Crippen LogP contribution in [0.4, 0.5) is 0 Å². The van der Waals surface area contributed by atoms with Gasteiger partial charge in [-0.25, -0.2) is 8.42 Å². The van der Waals surface area contributed by atoms with E-state index in [9.17, 15) is 18.3 Å². The molecule has 0 saturated carbocycles. The summed E-state index contributed by atoms with van der Waals surface area (Å²) in [4.78, 5) is 10.8. The molecule has 2 N–H and O–H groups in total. The lowest BCUT2D eigenvalue weighted by molar-refractivity contribution is -0.137. The van der Waals surface area contributed by atoms with Gasteiger partial charge in [0, 0.05) is 7.05 Å². The highest BCUT2D eigenvalue weighted by Gasteiger charge is 2.37. The Bertz CT molecular complexity index is 648. The van der Waals surface area contributed by atoms with Crippen molar-refractivity contribution < 1.29 is 23.4 Å². The van der Waals surface area contributed by atoms with Crippen LogP contribution in [0, 0.1) is 13.8 Å². The van der Waals surface area contributed by atoms with Crippen LogP contribution in [0.1, 0.15) is 25.2 Å². The van der Waals surface area contributed by atoms with Gasteiger partial charge in [0.25, 0.3) is 0 Å². The Hall–Kier alpha value is -1.45. The Labute approximate surface area is 124 Å². The molecule has 9 heteroatoms. The van der Waals surface area contributed by atoms with E-state index in [-0.39, 0.29) is 22.9 Å². The molecule has 1 heterocycles. The van der Waals surface area contributed by atoms with E-state index in [0.717, 1.165) is 8.99 Å². The van der Waals surface area contributed by atoms with E-state index >= 15 is 0 Å². The average molecular weight is 319 g/mol. The lowest BCUT2D eigenvalue weighted by Gasteiger charge is -2.32. The summed E-state index contributed by atoms with van der Waals surface area (Å²) < 4.78 is 27.6. The summed E-state index contributed by atoms with van der Waals surface area (Å²) in [6.45, 7) is 5.46. The molecule has 0 aliphatic rings. The number of sulfonamides is 1. The van der Waals surface area contributed by atoms with Crippen molar-refractivity contribution in [1.29, 1.82) is 0 Å². The van der Waals surface area contributed by atoms with Gasteiger partial charge in [-0.3, -0.25) is 9.48 Å². The molecule has 0 bridgehead atoms. The van der Waals surface area contributed by atoms with Crippen LogP contribution in [0.3, 0.4) is 0 Å². The molecule has 0 aliphatic carbocycles. The molecule has 21 heavy (non-hydrogen) atoms. The Balaban J connectivity index is 3.40. The number of carbonyl (C=O) groups is 1. The molecule has 120 valence electrons. The number of aliphatic carboxylic acids is 1. The first kappa shape index (κ1) is 17.6. The molecule has 0 spiro atoms. The van der Waals surface area contributed by atoms with Crippen molar-refractivity contribution in [2.45, 2.75) is 44.7 Å². The Morgan fingerprint density at radius 2 is 1.90 bits per heavy atom. The van der Waals surface area contributed by atoms with E-state index in [1.165, 1.54) is 20.9 Å². The van der Waals surface area contributed by atoms with Crippen molar-refractivity contribution in [3.8, 4) is 0 Å². The lowest BCUT2D eigenvalue weighted by atomic mass is 10.1. The second kappa shape index (κ2) is 5.74. The molecule has 8 nitrogen and oxygen atoms in total. The second-order valence-corrected chi connectivity index (χ2v) is 7.40. The molecule has 0 saturated heterocycles. The highest BCUT2D eigenvalue weighted by Crippen LogP contribution is 2.27. The monoisotopic (exact) mass is 319 g/mol. The maximum Gasteiger partial charge on any atom is 0.325 e. The highest BCUT2D eigenvalue weighted by molar-refractivity contribution is 7.89. The van der Waals surface area contributed by atoms with Crippen molar-refractivity contribution >= 4 is 16.0 Å². The number of hydrogen-bond acceptors (Lipinski definition) is 5. The minimum Gasteiger partial charge on any atom is -0.480 e. The van der Waals surface area contributed by atoms with Gasteiger partial charge >= 0.3 is 5.97 Å². The minimum absolute atomic E-state index is 0.0206. The van der Waals surface area contributed by atoms with Crippen molar-refractivity contribution in [1.82, 2.24) is 14.1 Å².